The van der Waals surface area contributed by atoms with E-state index in [0.717, 1.165) is 32.8 Å². The highest BCUT2D eigenvalue weighted by Crippen LogP contribution is 2.28. The highest BCUT2D eigenvalue weighted by molar-refractivity contribution is 4.89. The first-order valence-electron chi connectivity index (χ1n) is 4.90. The summed E-state index contributed by atoms with van der Waals surface area (Å²) in [6.45, 7) is 3.42. The average Bonchev–Trinajstić information content (AvgIpc) is 3.07. The van der Waals surface area contributed by atoms with Crippen LogP contribution in [0.3, 0.4) is 0 Å². The van der Waals surface area contributed by atoms with Gasteiger partial charge in [0.25, 0.3) is 0 Å². The number of rotatable bonds is 0. The molecule has 0 aromatic heterocycles. The summed E-state index contributed by atoms with van der Waals surface area (Å²) in [5, 5.41) is 0. The molecule has 4 aliphatic heterocycles. The van der Waals surface area contributed by atoms with Gasteiger partial charge in [-0.2, -0.15) is 0 Å². The zero-order valence-corrected chi connectivity index (χ0v) is 7.48. The Kier molecular flexibility index (Phi) is 2.01. The van der Waals surface area contributed by atoms with E-state index < -0.39 is 0 Å². The van der Waals surface area contributed by atoms with Crippen molar-refractivity contribution >= 4 is 0 Å². The number of hydrogen-bond acceptors (Lipinski definition) is 4. The van der Waals surface area contributed by atoms with Gasteiger partial charge >= 0.3 is 0 Å². The molecule has 4 aliphatic rings. The molecule has 0 radical (unpaired) electrons. The topological polar surface area (TPSA) is 43.5 Å². The molecule has 0 aromatic rings. The quantitative estimate of drug-likeness (QED) is 0.498. The standard InChI is InChI=1S/C5H8O2.C4H6O2/c1-2-6-3-5-4(1)7-5;1-3-4(6-3)2-5-1/h4-5H,1-3H2;3-4H,1-2H2. The molecular weight excluding hydrogens is 172 g/mol. The largest absolute Gasteiger partial charge is 0.379 e. The van der Waals surface area contributed by atoms with Crippen LogP contribution in [0.2, 0.25) is 0 Å². The van der Waals surface area contributed by atoms with E-state index in [1.807, 2.05) is 0 Å². The molecule has 0 spiro atoms. The van der Waals surface area contributed by atoms with Crippen LogP contribution in [-0.2, 0) is 18.9 Å². The molecule has 0 saturated carbocycles. The van der Waals surface area contributed by atoms with Crippen LogP contribution in [-0.4, -0.2) is 50.8 Å². The summed E-state index contributed by atoms with van der Waals surface area (Å²) < 4.78 is 20.3. The van der Waals surface area contributed by atoms with Crippen molar-refractivity contribution in [3.8, 4) is 0 Å². The molecule has 74 valence electrons. The predicted octanol–water partition coefficient (Wildman–Crippen LogP) is -0.0419. The molecule has 4 fully saturated rings. The van der Waals surface area contributed by atoms with Gasteiger partial charge in [-0.15, -0.1) is 0 Å². The molecule has 4 atom stereocenters. The Bertz CT molecular complexity index is 178. The summed E-state index contributed by atoms with van der Waals surface area (Å²) in [5.41, 5.74) is 0. The SMILES string of the molecule is C1CC2OC2CO1.C1OCC2OC12. The first-order chi connectivity index (χ1) is 6.43. The number of ether oxygens (including phenoxy) is 4. The number of epoxide rings is 2. The van der Waals surface area contributed by atoms with Crippen LogP contribution in [0.1, 0.15) is 6.42 Å². The Balaban J connectivity index is 0.0000000875. The third-order valence-corrected chi connectivity index (χ3v) is 2.77. The Morgan fingerprint density at radius 1 is 0.692 bits per heavy atom. The van der Waals surface area contributed by atoms with Gasteiger partial charge in [-0.05, 0) is 6.42 Å². The van der Waals surface area contributed by atoms with Crippen molar-refractivity contribution < 1.29 is 18.9 Å². The number of hydrogen-bond donors (Lipinski definition) is 0. The third-order valence-electron chi connectivity index (χ3n) is 2.77. The van der Waals surface area contributed by atoms with E-state index in [-0.39, 0.29) is 0 Å². The van der Waals surface area contributed by atoms with E-state index in [0.29, 0.717) is 24.4 Å². The maximum Gasteiger partial charge on any atom is 0.110 e. The summed E-state index contributed by atoms with van der Waals surface area (Å²) in [5.74, 6) is 0. The lowest BCUT2D eigenvalue weighted by Gasteiger charge is -2.03. The van der Waals surface area contributed by atoms with Crippen molar-refractivity contribution in [1.82, 2.24) is 0 Å². The summed E-state index contributed by atoms with van der Waals surface area (Å²) in [6, 6.07) is 0. The second-order valence-corrected chi connectivity index (χ2v) is 3.83. The Morgan fingerprint density at radius 3 is 1.69 bits per heavy atom. The minimum absolute atomic E-state index is 0.480. The molecule has 4 rings (SSSR count). The van der Waals surface area contributed by atoms with Crippen LogP contribution in [0.5, 0.6) is 0 Å². The molecule has 4 saturated heterocycles. The Labute approximate surface area is 77.1 Å². The second kappa shape index (κ2) is 3.20. The molecule has 4 heterocycles. The predicted molar refractivity (Wildman–Crippen MR) is 43.6 cm³/mol. The van der Waals surface area contributed by atoms with E-state index in [2.05, 4.69) is 0 Å². The van der Waals surface area contributed by atoms with E-state index in [1.165, 1.54) is 0 Å². The third kappa shape index (κ3) is 1.86. The van der Waals surface area contributed by atoms with Gasteiger partial charge < -0.3 is 18.9 Å². The van der Waals surface area contributed by atoms with E-state index in [9.17, 15) is 0 Å². The van der Waals surface area contributed by atoms with Crippen LogP contribution >= 0.6 is 0 Å². The van der Waals surface area contributed by atoms with Crippen molar-refractivity contribution in [1.29, 1.82) is 0 Å². The van der Waals surface area contributed by atoms with Gasteiger partial charge in [0.2, 0.25) is 0 Å². The van der Waals surface area contributed by atoms with Crippen molar-refractivity contribution in [3.63, 3.8) is 0 Å². The summed E-state index contributed by atoms with van der Waals surface area (Å²) in [6.07, 6.45) is 3.16. The molecule has 0 N–H and O–H groups in total. The molecule has 0 bridgehead atoms. The monoisotopic (exact) mass is 186 g/mol. The molecule has 4 heteroatoms. The van der Waals surface area contributed by atoms with E-state index >= 15 is 0 Å². The minimum Gasteiger partial charge on any atom is -0.379 e. The first-order valence-corrected chi connectivity index (χ1v) is 4.90. The lowest BCUT2D eigenvalue weighted by Crippen LogP contribution is -2.13. The first kappa shape index (κ1) is 8.17. The smallest absolute Gasteiger partial charge is 0.110 e. The number of fused-ring (bicyclic) bond motifs is 2. The fourth-order valence-electron chi connectivity index (χ4n) is 1.75. The van der Waals surface area contributed by atoms with Gasteiger partial charge in [-0.25, -0.2) is 0 Å². The van der Waals surface area contributed by atoms with Crippen LogP contribution in [0.15, 0.2) is 0 Å². The molecule has 4 unspecified atom stereocenters. The summed E-state index contributed by atoms with van der Waals surface area (Å²) >= 11 is 0. The minimum atomic E-state index is 0.480. The molecule has 0 aromatic carbocycles. The van der Waals surface area contributed by atoms with Gasteiger partial charge in [0, 0.05) is 6.61 Å². The normalized spacial score (nSPS) is 49.8. The van der Waals surface area contributed by atoms with Crippen molar-refractivity contribution in [2.24, 2.45) is 0 Å². The van der Waals surface area contributed by atoms with Crippen molar-refractivity contribution in [3.05, 3.63) is 0 Å². The molecular formula is C9H14O4. The van der Waals surface area contributed by atoms with E-state index in [4.69, 9.17) is 18.9 Å². The van der Waals surface area contributed by atoms with Gasteiger partial charge in [0.1, 0.15) is 18.3 Å². The average molecular weight is 186 g/mol. The maximum atomic E-state index is 5.15. The molecule has 4 nitrogen and oxygen atoms in total. The lowest BCUT2D eigenvalue weighted by atomic mass is 10.2. The Hall–Kier alpha value is -0.160. The van der Waals surface area contributed by atoms with Crippen LogP contribution in [0, 0.1) is 0 Å². The molecule has 0 amide bonds. The van der Waals surface area contributed by atoms with Crippen LogP contribution < -0.4 is 0 Å². The van der Waals surface area contributed by atoms with Crippen LogP contribution in [0.25, 0.3) is 0 Å². The molecule has 13 heavy (non-hydrogen) atoms. The summed E-state index contributed by atoms with van der Waals surface area (Å²) in [4.78, 5) is 0. The summed E-state index contributed by atoms with van der Waals surface area (Å²) in [7, 11) is 0. The fourth-order valence-corrected chi connectivity index (χ4v) is 1.75. The van der Waals surface area contributed by atoms with E-state index in [1.54, 1.807) is 0 Å². The van der Waals surface area contributed by atoms with Gasteiger partial charge in [-0.3, -0.25) is 0 Å². The maximum absolute atomic E-state index is 5.15. The zero-order valence-electron chi connectivity index (χ0n) is 7.48. The highest BCUT2D eigenvalue weighted by Gasteiger charge is 2.44. The van der Waals surface area contributed by atoms with Crippen molar-refractivity contribution in [2.45, 2.75) is 30.8 Å². The van der Waals surface area contributed by atoms with Gasteiger partial charge in [-0.1, -0.05) is 0 Å². The molecule has 0 aliphatic carbocycles. The Morgan fingerprint density at radius 2 is 1.31 bits per heavy atom. The zero-order chi connectivity index (χ0) is 8.67. The van der Waals surface area contributed by atoms with Gasteiger partial charge in [0.15, 0.2) is 0 Å². The van der Waals surface area contributed by atoms with Crippen LogP contribution in [0.4, 0.5) is 0 Å². The second-order valence-electron chi connectivity index (χ2n) is 3.83. The fraction of sp³-hybridized carbons (Fsp3) is 1.00. The van der Waals surface area contributed by atoms with Crippen molar-refractivity contribution in [2.75, 3.05) is 26.4 Å². The lowest BCUT2D eigenvalue weighted by molar-refractivity contribution is 0.100. The highest BCUT2D eigenvalue weighted by atomic mass is 16.7. The van der Waals surface area contributed by atoms with Gasteiger partial charge in [0.05, 0.1) is 25.9 Å².